The number of ether oxygens (including phenoxy) is 3. The summed E-state index contributed by atoms with van der Waals surface area (Å²) in [6.07, 6.45) is 1.94. The predicted octanol–water partition coefficient (Wildman–Crippen LogP) is 6.80. The zero-order valence-corrected chi connectivity index (χ0v) is 25.4. The van der Waals surface area contributed by atoms with E-state index in [0.717, 1.165) is 0 Å². The quantitative estimate of drug-likeness (QED) is 0.201. The number of H-pyrrole nitrogens is 1. The fraction of sp³-hybridized carbons (Fsp3) is 0.323. The number of aliphatic hydroxyl groups is 1. The molecule has 1 saturated heterocycles. The monoisotopic (exact) mass is 626 g/mol. The molecule has 1 atom stereocenters. The number of aliphatic hydroxyl groups excluding tert-OH is 1. The number of nitrogens with zero attached hydrogens (tertiary/aromatic N) is 2. The summed E-state index contributed by atoms with van der Waals surface area (Å²) in [6.45, 7) is 6.06. The molecular weight excluding hydrogens is 595 g/mol. The first kappa shape index (κ1) is 30.6. The Morgan fingerprint density at radius 2 is 1.81 bits per heavy atom. The van der Waals surface area contributed by atoms with Crippen LogP contribution >= 0.6 is 23.2 Å². The average molecular weight is 628 g/mol. The van der Waals surface area contributed by atoms with Gasteiger partial charge in [0.15, 0.2) is 0 Å². The van der Waals surface area contributed by atoms with Gasteiger partial charge in [-0.05, 0) is 57.9 Å². The first-order chi connectivity index (χ1) is 20.5. The number of rotatable bonds is 6. The fourth-order valence-electron chi connectivity index (χ4n) is 4.81. The van der Waals surface area contributed by atoms with Gasteiger partial charge < -0.3 is 24.3 Å². The highest BCUT2D eigenvalue weighted by Gasteiger charge is 2.32. The molecule has 226 valence electrons. The van der Waals surface area contributed by atoms with Crippen LogP contribution in [0.2, 0.25) is 10.0 Å². The second-order valence-corrected chi connectivity index (χ2v) is 11.9. The van der Waals surface area contributed by atoms with Gasteiger partial charge in [-0.3, -0.25) is 4.79 Å². The molecule has 0 spiro atoms. The number of pyridine rings is 1. The minimum absolute atomic E-state index is 0.0440. The van der Waals surface area contributed by atoms with Crippen LogP contribution in [-0.4, -0.2) is 56.9 Å². The summed E-state index contributed by atoms with van der Waals surface area (Å²) in [5.41, 5.74) is 3.03. The van der Waals surface area contributed by atoms with E-state index in [1.54, 1.807) is 45.2 Å². The standard InChI is InChI=1S/C31H32Cl2N4O6/c1-31(2,3)43-30(40)36-37(18-11-13-41-14-12-18)29(39)23-17-35-28-25(26(23)33)22(16-34-28)27(38)21-10-9-20(15-24(21)32)42-19-7-5-4-6-8-19/h4-10,15-18,27,38H,11-14H2,1-3H3,(H,34,35)(H,36,40). The van der Waals surface area contributed by atoms with Crippen molar-refractivity contribution in [1.82, 2.24) is 20.4 Å². The highest BCUT2D eigenvalue weighted by molar-refractivity contribution is 6.38. The minimum atomic E-state index is -1.21. The molecule has 10 nitrogen and oxygen atoms in total. The number of benzene rings is 2. The number of aromatic nitrogens is 2. The predicted molar refractivity (Wildman–Crippen MR) is 163 cm³/mol. The molecule has 3 N–H and O–H groups in total. The SMILES string of the molecule is CC(C)(C)OC(=O)NN(C(=O)c1cnc2[nH]cc(C(O)c3ccc(Oc4ccccc4)cc3Cl)c2c1Cl)C1CCOCC1. The van der Waals surface area contributed by atoms with E-state index < -0.39 is 23.7 Å². The van der Waals surface area contributed by atoms with Crippen molar-refractivity contribution < 1.29 is 28.9 Å². The highest BCUT2D eigenvalue weighted by Crippen LogP contribution is 2.38. The van der Waals surface area contributed by atoms with Crippen LogP contribution in [0.1, 0.15) is 61.2 Å². The molecule has 43 heavy (non-hydrogen) atoms. The lowest BCUT2D eigenvalue weighted by Gasteiger charge is -2.34. The number of amides is 2. The van der Waals surface area contributed by atoms with Crippen molar-refractivity contribution in [3.05, 3.63) is 87.7 Å². The summed E-state index contributed by atoms with van der Waals surface area (Å²) in [5.74, 6) is 0.582. The van der Waals surface area contributed by atoms with E-state index in [-0.39, 0.29) is 21.7 Å². The lowest BCUT2D eigenvalue weighted by Crippen LogP contribution is -2.54. The summed E-state index contributed by atoms with van der Waals surface area (Å²) < 4.78 is 16.7. The van der Waals surface area contributed by atoms with Crippen LogP contribution in [-0.2, 0) is 9.47 Å². The second-order valence-electron chi connectivity index (χ2n) is 11.1. The maximum Gasteiger partial charge on any atom is 0.426 e. The fourth-order valence-corrected chi connectivity index (χ4v) is 5.41. The number of fused-ring (bicyclic) bond motifs is 1. The van der Waals surface area contributed by atoms with Gasteiger partial charge in [0.05, 0.1) is 21.7 Å². The Bertz CT molecular complexity index is 1620. The molecule has 1 aliphatic heterocycles. The largest absolute Gasteiger partial charge is 0.457 e. The smallest absolute Gasteiger partial charge is 0.426 e. The van der Waals surface area contributed by atoms with Gasteiger partial charge in [0, 0.05) is 42.1 Å². The third-order valence-electron chi connectivity index (χ3n) is 6.82. The van der Waals surface area contributed by atoms with Crippen LogP contribution < -0.4 is 10.2 Å². The highest BCUT2D eigenvalue weighted by atomic mass is 35.5. The number of aromatic amines is 1. The number of carbonyl (C=O) groups excluding carboxylic acids is 2. The number of hydrazine groups is 1. The van der Waals surface area contributed by atoms with Crippen LogP contribution in [0.3, 0.4) is 0 Å². The van der Waals surface area contributed by atoms with Gasteiger partial charge in [0.2, 0.25) is 0 Å². The zero-order chi connectivity index (χ0) is 30.7. The van der Waals surface area contributed by atoms with E-state index in [4.69, 9.17) is 37.4 Å². The van der Waals surface area contributed by atoms with Crippen LogP contribution in [0.15, 0.2) is 60.9 Å². The van der Waals surface area contributed by atoms with Crippen LogP contribution in [0.25, 0.3) is 11.0 Å². The first-order valence-electron chi connectivity index (χ1n) is 13.8. The van der Waals surface area contributed by atoms with E-state index in [9.17, 15) is 14.7 Å². The molecule has 2 aromatic carbocycles. The molecule has 0 saturated carbocycles. The molecule has 3 heterocycles. The Balaban J connectivity index is 1.45. The van der Waals surface area contributed by atoms with Crippen LogP contribution in [0, 0.1) is 0 Å². The maximum absolute atomic E-state index is 13.9. The summed E-state index contributed by atoms with van der Waals surface area (Å²) >= 11 is 13.4. The van der Waals surface area contributed by atoms with Crippen molar-refractivity contribution in [3.63, 3.8) is 0 Å². The van der Waals surface area contributed by atoms with E-state index in [0.29, 0.717) is 59.7 Å². The molecule has 4 aromatic rings. The molecule has 1 unspecified atom stereocenters. The van der Waals surface area contributed by atoms with Gasteiger partial charge in [-0.25, -0.2) is 20.2 Å². The van der Waals surface area contributed by atoms with Gasteiger partial charge in [0.25, 0.3) is 5.91 Å². The van der Waals surface area contributed by atoms with E-state index in [1.165, 1.54) is 11.2 Å². The summed E-state index contributed by atoms with van der Waals surface area (Å²) in [4.78, 5) is 34.0. The van der Waals surface area contributed by atoms with Gasteiger partial charge in [-0.1, -0.05) is 47.5 Å². The van der Waals surface area contributed by atoms with Gasteiger partial charge in [0.1, 0.15) is 28.9 Å². The molecule has 0 radical (unpaired) electrons. The van der Waals surface area contributed by atoms with Crippen molar-refractivity contribution in [2.75, 3.05) is 13.2 Å². The number of hydrogen-bond donors (Lipinski definition) is 3. The minimum Gasteiger partial charge on any atom is -0.457 e. The number of halogens is 2. The number of nitrogens with one attached hydrogen (secondary N) is 2. The number of hydrogen-bond acceptors (Lipinski definition) is 7. The van der Waals surface area contributed by atoms with Crippen molar-refractivity contribution in [2.45, 2.75) is 51.4 Å². The maximum atomic E-state index is 13.9. The van der Waals surface area contributed by atoms with Crippen molar-refractivity contribution >= 4 is 46.2 Å². The van der Waals surface area contributed by atoms with Crippen molar-refractivity contribution in [3.8, 4) is 11.5 Å². The summed E-state index contributed by atoms with van der Waals surface area (Å²) in [6, 6.07) is 13.9. The average Bonchev–Trinajstić information content (AvgIpc) is 3.41. The number of para-hydroxylation sites is 1. The Morgan fingerprint density at radius 3 is 2.49 bits per heavy atom. The molecule has 0 aliphatic carbocycles. The van der Waals surface area contributed by atoms with Crippen molar-refractivity contribution in [1.29, 1.82) is 0 Å². The Morgan fingerprint density at radius 1 is 1.09 bits per heavy atom. The van der Waals surface area contributed by atoms with E-state index in [2.05, 4.69) is 15.4 Å². The molecular formula is C31H32Cl2N4O6. The molecule has 12 heteroatoms. The lowest BCUT2D eigenvalue weighted by atomic mass is 10.0. The molecule has 1 aliphatic rings. The molecule has 1 fully saturated rings. The topological polar surface area (TPSA) is 126 Å². The molecule has 2 amide bonds. The van der Waals surface area contributed by atoms with Crippen LogP contribution in [0.5, 0.6) is 11.5 Å². The Hall–Kier alpha value is -3.83. The molecule has 5 rings (SSSR count). The van der Waals surface area contributed by atoms with E-state index >= 15 is 0 Å². The van der Waals surface area contributed by atoms with E-state index in [1.807, 2.05) is 30.3 Å². The van der Waals surface area contributed by atoms with Gasteiger partial charge >= 0.3 is 6.09 Å². The Kier molecular flexibility index (Phi) is 9.12. The third-order valence-corrected chi connectivity index (χ3v) is 7.54. The summed E-state index contributed by atoms with van der Waals surface area (Å²) in [7, 11) is 0. The molecule has 2 aromatic heterocycles. The summed E-state index contributed by atoms with van der Waals surface area (Å²) in [5, 5.41) is 13.3. The Labute approximate surface area is 258 Å². The van der Waals surface area contributed by atoms with Crippen molar-refractivity contribution in [2.24, 2.45) is 0 Å². The normalized spacial score (nSPS) is 14.7. The second kappa shape index (κ2) is 12.8. The lowest BCUT2D eigenvalue weighted by molar-refractivity contribution is -0.00170. The molecule has 0 bridgehead atoms. The van der Waals surface area contributed by atoms with Crippen LogP contribution in [0.4, 0.5) is 4.79 Å². The first-order valence-corrected chi connectivity index (χ1v) is 14.5. The number of carbonyl (C=O) groups is 2. The third kappa shape index (κ3) is 7.05. The van der Waals surface area contributed by atoms with Gasteiger partial charge in [-0.15, -0.1) is 0 Å². The zero-order valence-electron chi connectivity index (χ0n) is 23.9. The van der Waals surface area contributed by atoms with Gasteiger partial charge in [-0.2, -0.15) is 0 Å².